The molecule has 1 aliphatic heterocycles. The molecule has 0 spiro atoms. The van der Waals surface area contributed by atoms with Crippen molar-refractivity contribution in [1.82, 2.24) is 4.90 Å². The number of methoxy groups -OCH3 is 1. The van der Waals surface area contributed by atoms with Gasteiger partial charge in [0.15, 0.2) is 5.96 Å². The summed E-state index contributed by atoms with van der Waals surface area (Å²) in [5.74, 6) is 1.21. The van der Waals surface area contributed by atoms with Crippen LogP contribution in [0.4, 0.5) is 5.69 Å². The van der Waals surface area contributed by atoms with Gasteiger partial charge in [-0.15, -0.1) is 0 Å². The number of ether oxygens (including phenoxy) is 2. The van der Waals surface area contributed by atoms with Gasteiger partial charge >= 0.3 is 0 Å². The molecule has 1 heterocycles. The maximum atomic E-state index is 5.87. The summed E-state index contributed by atoms with van der Waals surface area (Å²) < 4.78 is 10.5. The molecule has 0 amide bonds. The Morgan fingerprint density at radius 3 is 3.00 bits per heavy atom. The number of anilines is 1. The number of nitrogens with one attached hydrogen (secondary N) is 1. The third kappa shape index (κ3) is 4.71. The fourth-order valence-electron chi connectivity index (χ4n) is 2.02. The summed E-state index contributed by atoms with van der Waals surface area (Å²) in [5, 5.41) is 3.06. The Balaban J connectivity index is 1.77. The fraction of sp³-hybridized carbons (Fsp3) is 0.500. The van der Waals surface area contributed by atoms with Crippen molar-refractivity contribution < 1.29 is 9.47 Å². The van der Waals surface area contributed by atoms with E-state index < -0.39 is 0 Å². The topological polar surface area (TPSA) is 72.1 Å². The summed E-state index contributed by atoms with van der Waals surface area (Å²) in [6.07, 6.45) is 0. The average molecular weight is 278 g/mol. The third-order valence-electron chi connectivity index (χ3n) is 3.14. The molecular formula is C14H22N4O2. The molecular weight excluding hydrogens is 256 g/mol. The summed E-state index contributed by atoms with van der Waals surface area (Å²) in [4.78, 5) is 6.65. The fourth-order valence-corrected chi connectivity index (χ4v) is 2.02. The Morgan fingerprint density at radius 2 is 2.25 bits per heavy atom. The van der Waals surface area contributed by atoms with Crippen molar-refractivity contribution in [2.24, 2.45) is 10.7 Å². The highest BCUT2D eigenvalue weighted by Crippen LogP contribution is 2.16. The van der Waals surface area contributed by atoms with E-state index in [4.69, 9.17) is 15.2 Å². The summed E-state index contributed by atoms with van der Waals surface area (Å²) >= 11 is 0. The quantitative estimate of drug-likeness (QED) is 0.614. The van der Waals surface area contributed by atoms with Crippen LogP contribution in [0.25, 0.3) is 0 Å². The molecule has 0 radical (unpaired) electrons. The second-order valence-electron chi connectivity index (χ2n) is 4.58. The van der Waals surface area contributed by atoms with Crippen molar-refractivity contribution in [2.45, 2.75) is 0 Å². The highest BCUT2D eigenvalue weighted by Gasteiger charge is 2.08. The molecule has 6 nitrogen and oxygen atoms in total. The van der Waals surface area contributed by atoms with Gasteiger partial charge in [0.1, 0.15) is 5.75 Å². The molecule has 1 fully saturated rings. The largest absolute Gasteiger partial charge is 0.497 e. The average Bonchev–Trinajstić information content (AvgIpc) is 2.48. The normalized spacial score (nSPS) is 16.9. The number of nitrogens with two attached hydrogens (primary N) is 1. The third-order valence-corrected chi connectivity index (χ3v) is 3.14. The van der Waals surface area contributed by atoms with E-state index >= 15 is 0 Å². The van der Waals surface area contributed by atoms with Gasteiger partial charge in [0.2, 0.25) is 0 Å². The Kier molecular flexibility index (Phi) is 5.64. The minimum Gasteiger partial charge on any atom is -0.497 e. The van der Waals surface area contributed by atoms with Crippen LogP contribution in [0.2, 0.25) is 0 Å². The van der Waals surface area contributed by atoms with Crippen molar-refractivity contribution in [2.75, 3.05) is 51.8 Å². The number of hydrogen-bond donors (Lipinski definition) is 2. The second kappa shape index (κ2) is 7.72. The smallest absolute Gasteiger partial charge is 0.193 e. The Labute approximate surface area is 119 Å². The van der Waals surface area contributed by atoms with Gasteiger partial charge < -0.3 is 20.5 Å². The summed E-state index contributed by atoms with van der Waals surface area (Å²) in [6, 6.07) is 7.59. The van der Waals surface area contributed by atoms with Crippen molar-refractivity contribution >= 4 is 11.6 Å². The van der Waals surface area contributed by atoms with Gasteiger partial charge in [0.25, 0.3) is 0 Å². The molecule has 3 N–H and O–H groups in total. The highest BCUT2D eigenvalue weighted by molar-refractivity contribution is 5.92. The number of rotatable bonds is 5. The Bertz CT molecular complexity index is 445. The Hall–Kier alpha value is -1.79. The van der Waals surface area contributed by atoms with E-state index in [-0.39, 0.29) is 0 Å². The molecule has 0 saturated carbocycles. The molecule has 6 heteroatoms. The van der Waals surface area contributed by atoms with Gasteiger partial charge in [-0.1, -0.05) is 6.07 Å². The van der Waals surface area contributed by atoms with E-state index in [0.717, 1.165) is 44.3 Å². The molecule has 110 valence electrons. The van der Waals surface area contributed by atoms with Crippen LogP contribution in [0.1, 0.15) is 0 Å². The van der Waals surface area contributed by atoms with Gasteiger partial charge in [-0.2, -0.15) is 0 Å². The number of hydrogen-bond acceptors (Lipinski definition) is 4. The lowest BCUT2D eigenvalue weighted by Crippen LogP contribution is -2.38. The number of aliphatic imine (C=N–C) groups is 1. The van der Waals surface area contributed by atoms with Crippen LogP contribution in [0.5, 0.6) is 5.75 Å². The number of morpholine rings is 1. The number of nitrogens with zero attached hydrogens (tertiary/aromatic N) is 2. The van der Waals surface area contributed by atoms with Gasteiger partial charge in [0.05, 0.1) is 26.9 Å². The van der Waals surface area contributed by atoms with E-state index in [1.165, 1.54) is 0 Å². The summed E-state index contributed by atoms with van der Waals surface area (Å²) in [5.41, 5.74) is 6.74. The minimum atomic E-state index is 0.423. The SMILES string of the molecule is COc1cccc(NC(N)=NCCN2CCOCC2)c1. The first-order chi connectivity index (χ1) is 9.78. The van der Waals surface area contributed by atoms with Crippen LogP contribution in [-0.2, 0) is 4.74 Å². The maximum absolute atomic E-state index is 5.87. The van der Waals surface area contributed by atoms with E-state index in [9.17, 15) is 0 Å². The van der Waals surface area contributed by atoms with Crippen LogP contribution in [-0.4, -0.2) is 57.4 Å². The lowest BCUT2D eigenvalue weighted by molar-refractivity contribution is 0.0394. The predicted octanol–water partition coefficient (Wildman–Crippen LogP) is 0.754. The zero-order valence-corrected chi connectivity index (χ0v) is 11.8. The van der Waals surface area contributed by atoms with E-state index in [1.54, 1.807) is 7.11 Å². The Morgan fingerprint density at radius 1 is 1.45 bits per heavy atom. The summed E-state index contributed by atoms with van der Waals surface area (Å²) in [7, 11) is 1.64. The molecule has 0 aromatic heterocycles. The molecule has 1 aromatic rings. The van der Waals surface area contributed by atoms with Crippen LogP contribution in [0.3, 0.4) is 0 Å². The zero-order valence-electron chi connectivity index (χ0n) is 11.8. The lowest BCUT2D eigenvalue weighted by Gasteiger charge is -2.25. The minimum absolute atomic E-state index is 0.423. The lowest BCUT2D eigenvalue weighted by atomic mass is 10.3. The van der Waals surface area contributed by atoms with Crippen molar-refractivity contribution in [3.05, 3.63) is 24.3 Å². The van der Waals surface area contributed by atoms with E-state index in [2.05, 4.69) is 15.2 Å². The first-order valence-electron chi connectivity index (χ1n) is 6.79. The van der Waals surface area contributed by atoms with Gasteiger partial charge in [-0.05, 0) is 12.1 Å². The molecule has 1 aliphatic rings. The second-order valence-corrected chi connectivity index (χ2v) is 4.58. The maximum Gasteiger partial charge on any atom is 0.193 e. The van der Waals surface area contributed by atoms with Gasteiger partial charge in [0, 0.05) is 31.4 Å². The summed E-state index contributed by atoms with van der Waals surface area (Å²) in [6.45, 7) is 5.15. The van der Waals surface area contributed by atoms with Crippen LogP contribution >= 0.6 is 0 Å². The van der Waals surface area contributed by atoms with Gasteiger partial charge in [-0.25, -0.2) is 0 Å². The number of guanidine groups is 1. The molecule has 0 aliphatic carbocycles. The molecule has 0 bridgehead atoms. The van der Waals surface area contributed by atoms with Crippen molar-refractivity contribution in [1.29, 1.82) is 0 Å². The number of benzene rings is 1. The monoisotopic (exact) mass is 278 g/mol. The predicted molar refractivity (Wildman–Crippen MR) is 80.4 cm³/mol. The molecule has 20 heavy (non-hydrogen) atoms. The molecule has 0 unspecified atom stereocenters. The molecule has 0 atom stereocenters. The molecule has 1 aromatic carbocycles. The van der Waals surface area contributed by atoms with Crippen molar-refractivity contribution in [3.63, 3.8) is 0 Å². The van der Waals surface area contributed by atoms with Gasteiger partial charge in [-0.3, -0.25) is 9.89 Å². The van der Waals surface area contributed by atoms with Crippen LogP contribution < -0.4 is 15.8 Å². The standard InChI is InChI=1S/C14H22N4O2/c1-19-13-4-2-3-12(11-13)17-14(15)16-5-6-18-7-9-20-10-8-18/h2-4,11H,5-10H2,1H3,(H3,15,16,17). The zero-order chi connectivity index (χ0) is 14.2. The van der Waals surface area contributed by atoms with Crippen molar-refractivity contribution in [3.8, 4) is 5.75 Å². The first kappa shape index (κ1) is 14.6. The first-order valence-corrected chi connectivity index (χ1v) is 6.79. The molecule has 1 saturated heterocycles. The molecule has 2 rings (SSSR count). The van der Waals surface area contributed by atoms with E-state index in [0.29, 0.717) is 12.5 Å². The van der Waals surface area contributed by atoms with E-state index in [1.807, 2.05) is 24.3 Å². The van der Waals surface area contributed by atoms with Crippen LogP contribution in [0.15, 0.2) is 29.3 Å². The highest BCUT2D eigenvalue weighted by atomic mass is 16.5. The van der Waals surface area contributed by atoms with Crippen LogP contribution in [0, 0.1) is 0 Å².